The van der Waals surface area contributed by atoms with E-state index in [0.29, 0.717) is 19.4 Å². The second kappa shape index (κ2) is 6.62. The molecule has 6 heteroatoms. The van der Waals surface area contributed by atoms with Gasteiger partial charge in [-0.3, -0.25) is 14.9 Å². The summed E-state index contributed by atoms with van der Waals surface area (Å²) in [6, 6.07) is 3.72. The van der Waals surface area contributed by atoms with Gasteiger partial charge in [0, 0.05) is 25.1 Å². The smallest absolute Gasteiger partial charge is 0.270 e. The Hall–Kier alpha value is -2.06. The lowest BCUT2D eigenvalue weighted by molar-refractivity contribution is -0.384. The molecule has 1 N–H and O–H groups in total. The maximum absolute atomic E-state index is 11.7. The van der Waals surface area contributed by atoms with Crippen LogP contribution in [0.4, 0.5) is 5.69 Å². The molecule has 1 aromatic rings. The number of nitro benzene ring substituents is 1. The van der Waals surface area contributed by atoms with Crippen molar-refractivity contribution in [3.05, 3.63) is 38.9 Å². The first-order valence-electron chi connectivity index (χ1n) is 5.22. The molecule has 18 heavy (non-hydrogen) atoms. The fourth-order valence-corrected chi connectivity index (χ4v) is 1.55. The van der Waals surface area contributed by atoms with Crippen LogP contribution in [0.5, 0.6) is 0 Å². The fraction of sp³-hybridized carbons (Fsp3) is 0.250. The average Bonchev–Trinajstić information content (AvgIpc) is 2.34. The van der Waals surface area contributed by atoms with Crippen LogP contribution in [0.2, 0.25) is 5.02 Å². The summed E-state index contributed by atoms with van der Waals surface area (Å²) in [4.78, 5) is 21.6. The molecular formula is C12H11ClN2O3. The highest BCUT2D eigenvalue weighted by molar-refractivity contribution is 6.34. The average molecular weight is 267 g/mol. The summed E-state index contributed by atoms with van der Waals surface area (Å²) in [6.07, 6.45) is 6.33. The molecule has 1 aromatic carbocycles. The number of nitro groups is 1. The zero-order valence-corrected chi connectivity index (χ0v) is 10.2. The van der Waals surface area contributed by atoms with E-state index in [2.05, 4.69) is 11.2 Å². The monoisotopic (exact) mass is 266 g/mol. The standard InChI is InChI=1S/C12H11ClN2O3/c1-2-3-4-7-14-12(16)10-6-5-9(15(17)18)8-11(10)13/h1,5-6,8H,3-4,7H2,(H,14,16). The number of hydrogen-bond acceptors (Lipinski definition) is 3. The topological polar surface area (TPSA) is 72.2 Å². The third-order valence-electron chi connectivity index (χ3n) is 2.19. The van der Waals surface area contributed by atoms with E-state index >= 15 is 0 Å². The number of carbonyl (C=O) groups is 1. The van der Waals surface area contributed by atoms with Gasteiger partial charge in [-0.1, -0.05) is 11.6 Å². The van der Waals surface area contributed by atoms with Crippen molar-refractivity contribution < 1.29 is 9.72 Å². The van der Waals surface area contributed by atoms with E-state index in [1.54, 1.807) is 0 Å². The summed E-state index contributed by atoms with van der Waals surface area (Å²) >= 11 is 5.81. The number of rotatable bonds is 5. The van der Waals surface area contributed by atoms with Gasteiger partial charge in [-0.25, -0.2) is 0 Å². The molecule has 0 aliphatic carbocycles. The Balaban J connectivity index is 2.69. The van der Waals surface area contributed by atoms with Crippen molar-refractivity contribution in [1.29, 1.82) is 0 Å². The molecule has 0 spiro atoms. The summed E-state index contributed by atoms with van der Waals surface area (Å²) < 4.78 is 0. The van der Waals surface area contributed by atoms with Crippen molar-refractivity contribution in [1.82, 2.24) is 5.32 Å². The van der Waals surface area contributed by atoms with Crippen molar-refractivity contribution >= 4 is 23.2 Å². The SMILES string of the molecule is C#CCCCNC(=O)c1ccc([N+](=O)[O-])cc1Cl. The van der Waals surface area contributed by atoms with Gasteiger partial charge in [0.15, 0.2) is 0 Å². The van der Waals surface area contributed by atoms with Gasteiger partial charge in [0.1, 0.15) is 0 Å². The predicted octanol–water partition coefficient (Wildman–Crippen LogP) is 2.39. The van der Waals surface area contributed by atoms with Crippen molar-refractivity contribution in [2.75, 3.05) is 6.54 Å². The summed E-state index contributed by atoms with van der Waals surface area (Å²) in [7, 11) is 0. The Morgan fingerprint density at radius 1 is 1.56 bits per heavy atom. The Morgan fingerprint density at radius 3 is 2.83 bits per heavy atom. The lowest BCUT2D eigenvalue weighted by Gasteiger charge is -2.05. The molecule has 0 unspecified atom stereocenters. The molecule has 1 rings (SSSR count). The number of non-ortho nitro benzene ring substituents is 1. The number of carbonyl (C=O) groups excluding carboxylic acids is 1. The zero-order chi connectivity index (χ0) is 13.5. The minimum Gasteiger partial charge on any atom is -0.352 e. The van der Waals surface area contributed by atoms with Crippen LogP contribution in [0.25, 0.3) is 0 Å². The van der Waals surface area contributed by atoms with Crippen LogP contribution < -0.4 is 5.32 Å². The van der Waals surface area contributed by atoms with E-state index in [9.17, 15) is 14.9 Å². The number of halogens is 1. The van der Waals surface area contributed by atoms with Crippen molar-refractivity contribution in [3.63, 3.8) is 0 Å². The Labute approximate surface area is 109 Å². The number of benzene rings is 1. The van der Waals surface area contributed by atoms with Gasteiger partial charge in [0.2, 0.25) is 0 Å². The van der Waals surface area contributed by atoms with E-state index in [1.165, 1.54) is 12.1 Å². The molecule has 0 aromatic heterocycles. The first-order valence-corrected chi connectivity index (χ1v) is 5.59. The number of terminal acetylenes is 1. The van der Waals surface area contributed by atoms with Crippen molar-refractivity contribution in [2.45, 2.75) is 12.8 Å². The first-order chi connectivity index (χ1) is 8.56. The number of unbranched alkanes of at least 4 members (excludes halogenated alkanes) is 1. The number of hydrogen-bond donors (Lipinski definition) is 1. The summed E-state index contributed by atoms with van der Waals surface area (Å²) in [6.45, 7) is 0.441. The van der Waals surface area contributed by atoms with Crippen molar-refractivity contribution in [2.24, 2.45) is 0 Å². The fourth-order valence-electron chi connectivity index (χ4n) is 1.29. The summed E-state index contributed by atoms with van der Waals surface area (Å²) in [5, 5.41) is 13.2. The summed E-state index contributed by atoms with van der Waals surface area (Å²) in [5.41, 5.74) is 0.0619. The molecule has 0 aliphatic heterocycles. The first kappa shape index (κ1) is 14.0. The van der Waals surface area contributed by atoms with Crippen LogP contribution in [0.1, 0.15) is 23.2 Å². The molecule has 0 radical (unpaired) electrons. The normalized spacial score (nSPS) is 9.56. The van der Waals surface area contributed by atoms with Gasteiger partial charge in [-0.15, -0.1) is 12.3 Å². The lowest BCUT2D eigenvalue weighted by Crippen LogP contribution is -2.24. The third-order valence-corrected chi connectivity index (χ3v) is 2.50. The highest BCUT2D eigenvalue weighted by Gasteiger charge is 2.14. The van der Waals surface area contributed by atoms with E-state index in [4.69, 9.17) is 18.0 Å². The van der Waals surface area contributed by atoms with Crippen LogP contribution in [0, 0.1) is 22.5 Å². The molecule has 94 valence electrons. The number of nitrogens with one attached hydrogen (secondary N) is 1. The zero-order valence-electron chi connectivity index (χ0n) is 9.48. The van der Waals surface area contributed by atoms with Crippen LogP contribution >= 0.6 is 11.6 Å². The number of amides is 1. The lowest BCUT2D eigenvalue weighted by atomic mass is 10.2. The minimum atomic E-state index is -0.569. The maximum Gasteiger partial charge on any atom is 0.270 e. The van der Waals surface area contributed by atoms with Crippen LogP contribution in [0.15, 0.2) is 18.2 Å². The molecule has 0 fully saturated rings. The van der Waals surface area contributed by atoms with E-state index in [0.717, 1.165) is 6.07 Å². The second-order valence-electron chi connectivity index (χ2n) is 3.48. The van der Waals surface area contributed by atoms with Crippen LogP contribution in [-0.4, -0.2) is 17.4 Å². The van der Waals surface area contributed by atoms with Gasteiger partial charge in [0.25, 0.3) is 11.6 Å². The molecule has 0 bridgehead atoms. The largest absolute Gasteiger partial charge is 0.352 e. The maximum atomic E-state index is 11.7. The third kappa shape index (κ3) is 3.75. The molecule has 0 atom stereocenters. The quantitative estimate of drug-likeness (QED) is 0.385. The Morgan fingerprint density at radius 2 is 2.28 bits per heavy atom. The van der Waals surface area contributed by atoms with Gasteiger partial charge in [0.05, 0.1) is 15.5 Å². The highest BCUT2D eigenvalue weighted by atomic mass is 35.5. The molecule has 0 saturated heterocycles. The van der Waals surface area contributed by atoms with Crippen LogP contribution in [0.3, 0.4) is 0 Å². The number of nitrogens with zero attached hydrogens (tertiary/aromatic N) is 1. The molecule has 0 aliphatic rings. The summed E-state index contributed by atoms with van der Waals surface area (Å²) in [5.74, 6) is 2.09. The molecule has 0 saturated carbocycles. The predicted molar refractivity (Wildman–Crippen MR) is 68.5 cm³/mol. The van der Waals surface area contributed by atoms with E-state index in [1.807, 2.05) is 0 Å². The van der Waals surface area contributed by atoms with E-state index in [-0.39, 0.29) is 22.2 Å². The van der Waals surface area contributed by atoms with Crippen molar-refractivity contribution in [3.8, 4) is 12.3 Å². The molecule has 1 amide bonds. The van der Waals surface area contributed by atoms with E-state index < -0.39 is 4.92 Å². The Kier molecular flexibility index (Phi) is 5.15. The van der Waals surface area contributed by atoms with Gasteiger partial charge < -0.3 is 5.32 Å². The Bertz CT molecular complexity index is 509. The molecule has 0 heterocycles. The molecular weight excluding hydrogens is 256 g/mol. The second-order valence-corrected chi connectivity index (χ2v) is 3.89. The highest BCUT2D eigenvalue weighted by Crippen LogP contribution is 2.22. The van der Waals surface area contributed by atoms with Gasteiger partial charge >= 0.3 is 0 Å². The minimum absolute atomic E-state index is 0.0543. The van der Waals surface area contributed by atoms with Crippen LogP contribution in [-0.2, 0) is 0 Å². The molecule has 5 nitrogen and oxygen atoms in total. The van der Waals surface area contributed by atoms with Gasteiger partial charge in [-0.2, -0.15) is 0 Å². The van der Waals surface area contributed by atoms with Gasteiger partial charge in [-0.05, 0) is 12.5 Å².